The molecule has 1 amide bonds. The standard InChI is InChI=1S/C28H34N2O6/c1-6-29(7-2)12-13-30-25(21-10-9-20(34-4)16-23(21)35-5)24(27(32)28(30)33)26(31)18-8-11-22-19(15-18)14-17(3)36-22/h8-11,15-17,25,31H,6-7,12-14H2,1-5H3/t17-,25+/m0/s1. The van der Waals surface area contributed by atoms with Gasteiger partial charge in [-0.3, -0.25) is 9.59 Å². The third-order valence-corrected chi connectivity index (χ3v) is 7.00. The quantitative estimate of drug-likeness (QED) is 0.322. The summed E-state index contributed by atoms with van der Waals surface area (Å²) in [6, 6.07) is 9.81. The van der Waals surface area contributed by atoms with E-state index in [0.717, 1.165) is 24.4 Å². The molecule has 2 aliphatic rings. The van der Waals surface area contributed by atoms with Crippen LogP contribution in [0.15, 0.2) is 42.0 Å². The Bertz CT molecular complexity index is 1190. The van der Waals surface area contributed by atoms with Crippen LogP contribution < -0.4 is 14.2 Å². The molecule has 8 nitrogen and oxygen atoms in total. The van der Waals surface area contributed by atoms with Crippen LogP contribution in [0.3, 0.4) is 0 Å². The van der Waals surface area contributed by atoms with Gasteiger partial charge >= 0.3 is 0 Å². The highest BCUT2D eigenvalue weighted by Gasteiger charge is 2.47. The van der Waals surface area contributed by atoms with Crippen molar-refractivity contribution < 1.29 is 28.9 Å². The number of hydrogen-bond donors (Lipinski definition) is 1. The van der Waals surface area contributed by atoms with Gasteiger partial charge in [-0.05, 0) is 55.9 Å². The molecule has 0 aromatic heterocycles. The van der Waals surface area contributed by atoms with Gasteiger partial charge in [0.05, 0.1) is 25.8 Å². The van der Waals surface area contributed by atoms with Gasteiger partial charge in [0.15, 0.2) is 0 Å². The molecule has 2 aliphatic heterocycles. The van der Waals surface area contributed by atoms with Gasteiger partial charge in [0.2, 0.25) is 0 Å². The largest absolute Gasteiger partial charge is 0.507 e. The Morgan fingerprint density at radius 3 is 2.53 bits per heavy atom. The van der Waals surface area contributed by atoms with E-state index >= 15 is 0 Å². The second-order valence-corrected chi connectivity index (χ2v) is 9.08. The first kappa shape index (κ1) is 25.6. The van der Waals surface area contributed by atoms with Crippen molar-refractivity contribution in [2.75, 3.05) is 40.4 Å². The molecule has 8 heteroatoms. The van der Waals surface area contributed by atoms with Crippen LogP contribution in [0.1, 0.15) is 43.5 Å². The van der Waals surface area contributed by atoms with E-state index in [-0.39, 0.29) is 17.4 Å². The summed E-state index contributed by atoms with van der Waals surface area (Å²) in [4.78, 5) is 30.4. The number of hydrogen-bond acceptors (Lipinski definition) is 7. The third kappa shape index (κ3) is 4.65. The summed E-state index contributed by atoms with van der Waals surface area (Å²) in [6.07, 6.45) is 0.760. The normalized spacial score (nSPS) is 20.6. The molecule has 0 saturated carbocycles. The van der Waals surface area contributed by atoms with E-state index in [1.165, 1.54) is 12.0 Å². The van der Waals surface area contributed by atoms with Gasteiger partial charge in [-0.25, -0.2) is 0 Å². The van der Waals surface area contributed by atoms with E-state index in [2.05, 4.69) is 18.7 Å². The van der Waals surface area contributed by atoms with Crippen LogP contribution in [0.5, 0.6) is 17.2 Å². The average molecular weight is 495 g/mol. The Morgan fingerprint density at radius 2 is 1.86 bits per heavy atom. The van der Waals surface area contributed by atoms with Crippen molar-refractivity contribution in [2.24, 2.45) is 0 Å². The number of carbonyl (C=O) groups excluding carboxylic acids is 2. The summed E-state index contributed by atoms with van der Waals surface area (Å²) in [5.41, 5.74) is 2.10. The smallest absolute Gasteiger partial charge is 0.295 e. The van der Waals surface area contributed by atoms with Crippen molar-refractivity contribution in [3.8, 4) is 17.2 Å². The number of aliphatic hydroxyl groups is 1. The SMILES string of the molecule is CCN(CC)CCN1C(=O)C(=O)C(=C(O)c2ccc3c(c2)C[C@H](C)O3)[C@H]1c1ccc(OC)cc1OC. The van der Waals surface area contributed by atoms with Crippen LogP contribution in [0.25, 0.3) is 5.76 Å². The highest BCUT2D eigenvalue weighted by atomic mass is 16.5. The number of likely N-dealkylation sites (N-methyl/N-ethyl adjacent to an activating group) is 1. The van der Waals surface area contributed by atoms with Crippen LogP contribution in [-0.4, -0.2) is 73.1 Å². The molecular weight excluding hydrogens is 460 g/mol. The minimum Gasteiger partial charge on any atom is -0.507 e. The first-order chi connectivity index (χ1) is 17.3. The van der Waals surface area contributed by atoms with Crippen molar-refractivity contribution >= 4 is 17.4 Å². The molecule has 1 saturated heterocycles. The van der Waals surface area contributed by atoms with Gasteiger partial charge in [-0.2, -0.15) is 0 Å². The first-order valence-electron chi connectivity index (χ1n) is 12.3. The number of likely N-dealkylation sites (tertiary alicyclic amines) is 1. The molecule has 2 heterocycles. The molecule has 0 bridgehead atoms. The lowest BCUT2D eigenvalue weighted by Gasteiger charge is -2.29. The van der Waals surface area contributed by atoms with Crippen LogP contribution in [0.4, 0.5) is 0 Å². The maximum Gasteiger partial charge on any atom is 0.295 e. The van der Waals surface area contributed by atoms with E-state index in [1.54, 1.807) is 37.4 Å². The minimum atomic E-state index is -0.801. The van der Waals surface area contributed by atoms with Gasteiger partial charge in [0, 0.05) is 36.7 Å². The maximum absolute atomic E-state index is 13.4. The lowest BCUT2D eigenvalue weighted by atomic mass is 9.93. The van der Waals surface area contributed by atoms with E-state index in [4.69, 9.17) is 14.2 Å². The molecule has 2 aromatic rings. The lowest BCUT2D eigenvalue weighted by Crippen LogP contribution is -2.38. The van der Waals surface area contributed by atoms with Crippen molar-refractivity contribution in [3.63, 3.8) is 0 Å². The summed E-state index contributed by atoms with van der Waals surface area (Å²) < 4.78 is 16.8. The predicted octanol–water partition coefficient (Wildman–Crippen LogP) is 3.79. The zero-order valence-corrected chi connectivity index (χ0v) is 21.5. The molecule has 0 spiro atoms. The Labute approximate surface area is 212 Å². The number of Topliss-reactive ketones (excluding diaryl/α,β-unsaturated/α-hetero) is 1. The topological polar surface area (TPSA) is 88.5 Å². The van der Waals surface area contributed by atoms with E-state index < -0.39 is 17.7 Å². The lowest BCUT2D eigenvalue weighted by molar-refractivity contribution is -0.140. The number of ketones is 1. The molecule has 1 N–H and O–H groups in total. The number of carbonyl (C=O) groups is 2. The van der Waals surface area contributed by atoms with Gasteiger partial charge in [-0.1, -0.05) is 13.8 Å². The van der Waals surface area contributed by atoms with Crippen molar-refractivity contribution in [3.05, 3.63) is 58.7 Å². The summed E-state index contributed by atoms with van der Waals surface area (Å²) >= 11 is 0. The van der Waals surface area contributed by atoms with Crippen molar-refractivity contribution in [1.82, 2.24) is 9.80 Å². The maximum atomic E-state index is 13.4. The zero-order chi connectivity index (χ0) is 26.0. The number of fused-ring (bicyclic) bond motifs is 1. The Morgan fingerprint density at radius 1 is 1.11 bits per heavy atom. The fourth-order valence-electron chi connectivity index (χ4n) is 4.99. The van der Waals surface area contributed by atoms with E-state index in [0.29, 0.717) is 42.1 Å². The van der Waals surface area contributed by atoms with Crippen LogP contribution >= 0.6 is 0 Å². The van der Waals surface area contributed by atoms with E-state index in [9.17, 15) is 14.7 Å². The highest BCUT2D eigenvalue weighted by molar-refractivity contribution is 6.46. The molecule has 0 radical (unpaired) electrons. The Kier molecular flexibility index (Phi) is 7.54. The predicted molar refractivity (Wildman–Crippen MR) is 137 cm³/mol. The molecule has 2 aromatic carbocycles. The molecule has 0 aliphatic carbocycles. The number of benzene rings is 2. The van der Waals surface area contributed by atoms with Crippen LogP contribution in [0, 0.1) is 0 Å². The molecule has 36 heavy (non-hydrogen) atoms. The molecule has 0 unspecified atom stereocenters. The fourth-order valence-corrected chi connectivity index (χ4v) is 4.99. The van der Waals surface area contributed by atoms with E-state index in [1.807, 2.05) is 13.0 Å². The average Bonchev–Trinajstić information content (AvgIpc) is 3.39. The second-order valence-electron chi connectivity index (χ2n) is 9.08. The number of ether oxygens (including phenoxy) is 3. The minimum absolute atomic E-state index is 0.0478. The Hall–Kier alpha value is -3.52. The second kappa shape index (κ2) is 10.6. The van der Waals surface area contributed by atoms with Crippen LogP contribution in [0.2, 0.25) is 0 Å². The molecule has 1 fully saturated rings. The van der Waals surface area contributed by atoms with Gasteiger partial charge in [0.1, 0.15) is 29.1 Å². The first-order valence-corrected chi connectivity index (χ1v) is 12.3. The molecule has 192 valence electrons. The molecule has 4 rings (SSSR count). The Balaban J connectivity index is 1.84. The molecule has 2 atom stereocenters. The summed E-state index contributed by atoms with van der Waals surface area (Å²) in [6.45, 7) is 8.68. The number of aliphatic hydroxyl groups excluding tert-OH is 1. The third-order valence-electron chi connectivity index (χ3n) is 7.00. The fraction of sp³-hybridized carbons (Fsp3) is 0.429. The summed E-state index contributed by atoms with van der Waals surface area (Å²) in [7, 11) is 3.09. The monoisotopic (exact) mass is 494 g/mol. The van der Waals surface area contributed by atoms with Crippen molar-refractivity contribution in [1.29, 1.82) is 0 Å². The number of amides is 1. The van der Waals surface area contributed by atoms with Crippen LogP contribution in [-0.2, 0) is 16.0 Å². The number of nitrogens with zero attached hydrogens (tertiary/aromatic N) is 2. The van der Waals surface area contributed by atoms with Crippen molar-refractivity contribution in [2.45, 2.75) is 39.3 Å². The number of methoxy groups -OCH3 is 2. The van der Waals surface area contributed by atoms with Gasteiger partial charge < -0.3 is 29.1 Å². The summed E-state index contributed by atoms with van der Waals surface area (Å²) in [5, 5.41) is 11.5. The van der Waals surface area contributed by atoms with Gasteiger partial charge in [0.25, 0.3) is 11.7 Å². The molecular formula is C28H34N2O6. The highest BCUT2D eigenvalue weighted by Crippen LogP contribution is 2.44. The zero-order valence-electron chi connectivity index (χ0n) is 21.5. The van der Waals surface area contributed by atoms with Gasteiger partial charge in [-0.15, -0.1) is 0 Å². The number of rotatable bonds is 9. The summed E-state index contributed by atoms with van der Waals surface area (Å²) in [5.74, 6) is 0.278.